The molecular formula is C8H15FN2O. The third-order valence-corrected chi connectivity index (χ3v) is 1.89. The highest BCUT2D eigenvalue weighted by molar-refractivity contribution is 5.75. The summed E-state index contributed by atoms with van der Waals surface area (Å²) in [5.74, 6) is 0. The fraction of sp³-hybridized carbons (Fsp3) is 0.875. The Hall–Kier alpha value is -0.800. The molecular weight excluding hydrogens is 159 g/mol. The van der Waals surface area contributed by atoms with Crippen molar-refractivity contribution in [1.82, 2.24) is 10.6 Å². The van der Waals surface area contributed by atoms with Gasteiger partial charge >= 0.3 is 6.03 Å². The van der Waals surface area contributed by atoms with E-state index >= 15 is 0 Å². The second-order valence-corrected chi connectivity index (χ2v) is 3.81. The highest BCUT2D eigenvalue weighted by atomic mass is 19.1. The molecule has 1 fully saturated rings. The molecule has 12 heavy (non-hydrogen) atoms. The molecule has 1 saturated carbocycles. The Balaban J connectivity index is 2.21. The van der Waals surface area contributed by atoms with E-state index in [9.17, 15) is 9.18 Å². The molecule has 4 heteroatoms. The molecule has 2 amide bonds. The van der Waals surface area contributed by atoms with Gasteiger partial charge < -0.3 is 10.6 Å². The van der Waals surface area contributed by atoms with Crippen LogP contribution in [0.2, 0.25) is 0 Å². The molecule has 0 radical (unpaired) electrons. The van der Waals surface area contributed by atoms with Crippen molar-refractivity contribution in [2.75, 3.05) is 0 Å². The number of alkyl halides is 1. The zero-order chi connectivity index (χ0) is 9.35. The molecule has 0 saturated heterocycles. The highest BCUT2D eigenvalue weighted by Gasteiger charge is 2.52. The van der Waals surface area contributed by atoms with Crippen molar-refractivity contribution in [2.24, 2.45) is 0 Å². The monoisotopic (exact) mass is 174 g/mol. The molecule has 0 aromatic rings. The molecule has 0 heterocycles. The lowest BCUT2D eigenvalue weighted by molar-refractivity contribution is 0.233. The number of urea groups is 1. The number of carbonyl (C=O) groups excluding carboxylic acids is 1. The van der Waals surface area contributed by atoms with E-state index in [1.165, 1.54) is 6.92 Å². The summed E-state index contributed by atoms with van der Waals surface area (Å²) in [6, 6.07) is -0.484. The SMILES string of the molecule is CC(C)NC(=O)NC1CC1(C)F. The lowest BCUT2D eigenvalue weighted by Gasteiger charge is -2.09. The Kier molecular flexibility index (Phi) is 2.26. The second-order valence-electron chi connectivity index (χ2n) is 3.81. The number of hydrogen-bond acceptors (Lipinski definition) is 1. The summed E-state index contributed by atoms with van der Waals surface area (Å²) in [7, 11) is 0. The van der Waals surface area contributed by atoms with Gasteiger partial charge in [0.15, 0.2) is 0 Å². The lowest BCUT2D eigenvalue weighted by Crippen LogP contribution is -2.41. The standard InChI is InChI=1S/C8H15FN2O/c1-5(2)10-7(12)11-6-4-8(6,3)9/h5-6H,4H2,1-3H3,(H2,10,11,12). The molecule has 1 aliphatic carbocycles. The number of halogens is 1. The van der Waals surface area contributed by atoms with E-state index in [0.717, 1.165) is 0 Å². The molecule has 0 bridgehead atoms. The van der Waals surface area contributed by atoms with Crippen LogP contribution in [-0.2, 0) is 0 Å². The predicted molar refractivity (Wildman–Crippen MR) is 44.7 cm³/mol. The first-order valence-corrected chi connectivity index (χ1v) is 4.18. The van der Waals surface area contributed by atoms with E-state index < -0.39 is 5.67 Å². The van der Waals surface area contributed by atoms with Gasteiger partial charge in [0.2, 0.25) is 0 Å². The van der Waals surface area contributed by atoms with Crippen molar-refractivity contribution in [3.05, 3.63) is 0 Å². The van der Waals surface area contributed by atoms with Crippen molar-refractivity contribution in [2.45, 2.75) is 44.9 Å². The predicted octanol–water partition coefficient (Wildman–Crippen LogP) is 1.19. The number of nitrogens with one attached hydrogen (secondary N) is 2. The van der Waals surface area contributed by atoms with Crippen LogP contribution in [0.1, 0.15) is 27.2 Å². The van der Waals surface area contributed by atoms with Crippen LogP contribution in [0.5, 0.6) is 0 Å². The minimum atomic E-state index is -1.19. The molecule has 0 aliphatic heterocycles. The maximum absolute atomic E-state index is 12.9. The minimum Gasteiger partial charge on any atom is -0.336 e. The molecule has 0 aromatic carbocycles. The molecule has 1 rings (SSSR count). The van der Waals surface area contributed by atoms with Crippen molar-refractivity contribution in [1.29, 1.82) is 0 Å². The van der Waals surface area contributed by atoms with Gasteiger partial charge in [-0.25, -0.2) is 9.18 Å². The third-order valence-electron chi connectivity index (χ3n) is 1.89. The van der Waals surface area contributed by atoms with Crippen LogP contribution in [0.4, 0.5) is 9.18 Å². The summed E-state index contributed by atoms with van der Waals surface area (Å²) < 4.78 is 12.9. The van der Waals surface area contributed by atoms with Gasteiger partial charge in [0.1, 0.15) is 5.67 Å². The highest BCUT2D eigenvalue weighted by Crippen LogP contribution is 2.39. The van der Waals surface area contributed by atoms with E-state index in [1.54, 1.807) is 0 Å². The molecule has 2 N–H and O–H groups in total. The summed E-state index contributed by atoms with van der Waals surface area (Å²) in [5, 5.41) is 5.19. The summed E-state index contributed by atoms with van der Waals surface area (Å²) in [5.41, 5.74) is -1.19. The maximum Gasteiger partial charge on any atom is 0.315 e. The average Bonchev–Trinajstić information content (AvgIpc) is 2.35. The number of carbonyl (C=O) groups is 1. The van der Waals surface area contributed by atoms with Crippen LogP contribution in [0.25, 0.3) is 0 Å². The molecule has 0 spiro atoms. The second kappa shape index (κ2) is 2.92. The van der Waals surface area contributed by atoms with Crippen LogP contribution in [0.15, 0.2) is 0 Å². The van der Waals surface area contributed by atoms with E-state index in [2.05, 4.69) is 10.6 Å². The Labute approximate surface area is 71.7 Å². The summed E-state index contributed by atoms with van der Waals surface area (Å²) >= 11 is 0. The average molecular weight is 174 g/mol. The van der Waals surface area contributed by atoms with Crippen molar-refractivity contribution in [3.63, 3.8) is 0 Å². The fourth-order valence-electron chi connectivity index (χ4n) is 1.00. The van der Waals surface area contributed by atoms with Crippen LogP contribution in [0, 0.1) is 0 Å². The molecule has 3 nitrogen and oxygen atoms in total. The van der Waals surface area contributed by atoms with Crippen LogP contribution in [-0.4, -0.2) is 23.8 Å². The first-order valence-electron chi connectivity index (χ1n) is 4.18. The van der Waals surface area contributed by atoms with Crippen molar-refractivity contribution < 1.29 is 9.18 Å². The molecule has 2 unspecified atom stereocenters. The van der Waals surface area contributed by atoms with Crippen LogP contribution >= 0.6 is 0 Å². The quantitative estimate of drug-likeness (QED) is 0.648. The minimum absolute atomic E-state index is 0.0922. The van der Waals surface area contributed by atoms with Crippen molar-refractivity contribution in [3.8, 4) is 0 Å². The first kappa shape index (κ1) is 9.29. The van der Waals surface area contributed by atoms with E-state index in [4.69, 9.17) is 0 Å². The summed E-state index contributed by atoms with van der Waals surface area (Å²) in [4.78, 5) is 11.0. The Morgan fingerprint density at radius 2 is 2.17 bits per heavy atom. The summed E-state index contributed by atoms with van der Waals surface area (Å²) in [6.07, 6.45) is 0.429. The molecule has 0 aromatic heterocycles. The van der Waals surface area contributed by atoms with Gasteiger partial charge in [-0.3, -0.25) is 0 Å². The topological polar surface area (TPSA) is 41.1 Å². The number of hydrogen-bond donors (Lipinski definition) is 2. The van der Waals surface area contributed by atoms with Gasteiger partial charge in [-0.2, -0.15) is 0 Å². The molecule has 1 aliphatic rings. The normalized spacial score (nSPS) is 33.2. The lowest BCUT2D eigenvalue weighted by atomic mass is 10.4. The smallest absolute Gasteiger partial charge is 0.315 e. The number of amides is 2. The summed E-state index contributed by atoms with van der Waals surface area (Å²) in [6.45, 7) is 5.22. The van der Waals surface area contributed by atoms with Gasteiger partial charge in [-0.1, -0.05) is 0 Å². The van der Waals surface area contributed by atoms with E-state index in [-0.39, 0.29) is 18.1 Å². The van der Waals surface area contributed by atoms with E-state index in [0.29, 0.717) is 6.42 Å². The van der Waals surface area contributed by atoms with Gasteiger partial charge in [-0.15, -0.1) is 0 Å². The van der Waals surface area contributed by atoms with Gasteiger partial charge in [-0.05, 0) is 20.8 Å². The Morgan fingerprint density at radius 1 is 1.67 bits per heavy atom. The zero-order valence-corrected chi connectivity index (χ0v) is 7.65. The number of rotatable bonds is 2. The Morgan fingerprint density at radius 3 is 2.50 bits per heavy atom. The molecule has 70 valence electrons. The largest absolute Gasteiger partial charge is 0.336 e. The first-order chi connectivity index (χ1) is 5.42. The maximum atomic E-state index is 12.9. The van der Waals surface area contributed by atoms with Gasteiger partial charge in [0, 0.05) is 12.5 Å². The fourth-order valence-corrected chi connectivity index (χ4v) is 1.00. The zero-order valence-electron chi connectivity index (χ0n) is 7.65. The third kappa shape index (κ3) is 2.36. The molecule has 2 atom stereocenters. The van der Waals surface area contributed by atoms with Gasteiger partial charge in [0.05, 0.1) is 6.04 Å². The van der Waals surface area contributed by atoms with E-state index in [1.807, 2.05) is 13.8 Å². The van der Waals surface area contributed by atoms with Crippen molar-refractivity contribution >= 4 is 6.03 Å². The van der Waals surface area contributed by atoms with Crippen LogP contribution in [0.3, 0.4) is 0 Å². The van der Waals surface area contributed by atoms with Crippen LogP contribution < -0.4 is 10.6 Å². The van der Waals surface area contributed by atoms with Gasteiger partial charge in [0.25, 0.3) is 0 Å². The Bertz CT molecular complexity index is 191.